The van der Waals surface area contributed by atoms with Crippen molar-refractivity contribution in [2.45, 2.75) is 30.0 Å². The highest BCUT2D eigenvalue weighted by Gasteiger charge is 2.25. The van der Waals surface area contributed by atoms with Gasteiger partial charge >= 0.3 is 0 Å². The maximum atomic E-state index is 12.6. The Balaban J connectivity index is 2.05. The van der Waals surface area contributed by atoms with Crippen LogP contribution in [-0.4, -0.2) is 34.2 Å². The lowest BCUT2D eigenvalue weighted by Crippen LogP contribution is -2.30. The molecule has 0 aliphatic carbocycles. The fraction of sp³-hybridized carbons (Fsp3) is 0.375. The number of carbonyl (C=O) groups excluding carboxylic acids is 1. The van der Waals surface area contributed by atoms with E-state index in [1.54, 1.807) is 11.9 Å². The van der Waals surface area contributed by atoms with Gasteiger partial charge in [0.15, 0.2) is 0 Å². The molecule has 1 atom stereocenters. The van der Waals surface area contributed by atoms with Crippen molar-refractivity contribution in [3.05, 3.63) is 30.0 Å². The molecule has 2 aromatic rings. The number of thioether (sulfide) groups is 1. The zero-order chi connectivity index (χ0) is 15.0. The van der Waals surface area contributed by atoms with Crippen molar-refractivity contribution >= 4 is 28.6 Å². The van der Waals surface area contributed by atoms with Gasteiger partial charge in [-0.1, -0.05) is 19.1 Å². The Morgan fingerprint density at radius 1 is 1.57 bits per heavy atom. The van der Waals surface area contributed by atoms with Gasteiger partial charge in [0.1, 0.15) is 5.69 Å². The highest BCUT2D eigenvalue weighted by atomic mass is 32.2. The normalized spacial score (nSPS) is 16.7. The Bertz CT molecular complexity index is 744. The first-order valence-corrected chi connectivity index (χ1v) is 7.91. The van der Waals surface area contributed by atoms with Gasteiger partial charge in [0.05, 0.1) is 18.0 Å². The number of aromatic nitrogens is 1. The minimum absolute atomic E-state index is 0.00787. The van der Waals surface area contributed by atoms with Gasteiger partial charge in [0.25, 0.3) is 5.91 Å². The standard InChI is InChI=1S/C16H17N3OS/c1-11-10-19-13(16(20)18(2)8-4-7-17)9-12-5-3-6-14(21-11)15(12)19/h3,5-6,9,11H,4,8,10H2,1-2H3/t11-/m1/s1. The molecule has 5 heteroatoms. The lowest BCUT2D eigenvalue weighted by molar-refractivity contribution is 0.0787. The molecule has 1 aliphatic rings. The Labute approximate surface area is 128 Å². The first-order valence-electron chi connectivity index (χ1n) is 7.03. The predicted octanol–water partition coefficient (Wildman–Crippen LogP) is 3.12. The topological polar surface area (TPSA) is 49.0 Å². The summed E-state index contributed by atoms with van der Waals surface area (Å²) in [6, 6.07) is 10.3. The molecule has 21 heavy (non-hydrogen) atoms. The molecule has 0 unspecified atom stereocenters. The van der Waals surface area contributed by atoms with E-state index in [2.05, 4.69) is 29.7 Å². The summed E-state index contributed by atoms with van der Waals surface area (Å²) >= 11 is 1.86. The molecule has 108 valence electrons. The first-order chi connectivity index (χ1) is 10.1. The molecule has 4 nitrogen and oxygen atoms in total. The van der Waals surface area contributed by atoms with Crippen LogP contribution < -0.4 is 0 Å². The van der Waals surface area contributed by atoms with Gasteiger partial charge in [-0.15, -0.1) is 11.8 Å². The van der Waals surface area contributed by atoms with Gasteiger partial charge in [-0.2, -0.15) is 5.26 Å². The van der Waals surface area contributed by atoms with Crippen molar-refractivity contribution in [2.24, 2.45) is 0 Å². The zero-order valence-corrected chi connectivity index (χ0v) is 13.0. The van der Waals surface area contributed by atoms with Gasteiger partial charge in [0.2, 0.25) is 0 Å². The number of amides is 1. The Hall–Kier alpha value is -1.93. The number of hydrogen-bond acceptors (Lipinski definition) is 3. The number of carbonyl (C=O) groups is 1. The monoisotopic (exact) mass is 299 g/mol. The molecular formula is C16H17N3OS. The van der Waals surface area contributed by atoms with Crippen molar-refractivity contribution in [3.63, 3.8) is 0 Å². The second-order valence-electron chi connectivity index (χ2n) is 5.40. The summed E-state index contributed by atoms with van der Waals surface area (Å²) in [6.07, 6.45) is 0.361. The molecular weight excluding hydrogens is 282 g/mol. The molecule has 0 N–H and O–H groups in total. The van der Waals surface area contributed by atoms with Crippen LogP contribution in [-0.2, 0) is 6.54 Å². The first kappa shape index (κ1) is 14.0. The van der Waals surface area contributed by atoms with E-state index in [0.717, 1.165) is 23.1 Å². The number of rotatable bonds is 3. The van der Waals surface area contributed by atoms with Crippen LogP contribution in [0.5, 0.6) is 0 Å². The highest BCUT2D eigenvalue weighted by molar-refractivity contribution is 8.00. The van der Waals surface area contributed by atoms with Crippen LogP contribution in [0.1, 0.15) is 23.8 Å². The largest absolute Gasteiger partial charge is 0.339 e. The van der Waals surface area contributed by atoms with E-state index in [1.165, 1.54) is 4.90 Å². The zero-order valence-electron chi connectivity index (χ0n) is 12.2. The smallest absolute Gasteiger partial charge is 0.270 e. The van der Waals surface area contributed by atoms with E-state index in [4.69, 9.17) is 5.26 Å². The van der Waals surface area contributed by atoms with Crippen LogP contribution in [0.3, 0.4) is 0 Å². The molecule has 1 amide bonds. The number of benzene rings is 1. The maximum Gasteiger partial charge on any atom is 0.270 e. The number of hydrogen-bond donors (Lipinski definition) is 0. The third-order valence-corrected chi connectivity index (χ3v) is 4.91. The molecule has 1 aromatic carbocycles. The quantitative estimate of drug-likeness (QED) is 0.875. The lowest BCUT2D eigenvalue weighted by atomic mass is 10.2. The van der Waals surface area contributed by atoms with Crippen LogP contribution in [0.2, 0.25) is 0 Å². The van der Waals surface area contributed by atoms with Gasteiger partial charge in [-0.05, 0) is 12.1 Å². The van der Waals surface area contributed by atoms with E-state index in [1.807, 2.05) is 23.9 Å². The second kappa shape index (κ2) is 5.45. The van der Waals surface area contributed by atoms with Crippen LogP contribution in [0.15, 0.2) is 29.2 Å². The molecule has 2 heterocycles. The van der Waals surface area contributed by atoms with Gasteiger partial charge in [-0.25, -0.2) is 0 Å². The van der Waals surface area contributed by atoms with Gasteiger partial charge in [0, 0.05) is 35.7 Å². The summed E-state index contributed by atoms with van der Waals surface area (Å²) in [5.41, 5.74) is 1.89. The molecule has 0 spiro atoms. The van der Waals surface area contributed by atoms with Gasteiger partial charge in [-0.3, -0.25) is 4.79 Å². The van der Waals surface area contributed by atoms with E-state index < -0.39 is 0 Å². The summed E-state index contributed by atoms with van der Waals surface area (Å²) in [5, 5.41) is 10.2. The molecule has 0 radical (unpaired) electrons. The van der Waals surface area contributed by atoms with Crippen molar-refractivity contribution in [1.29, 1.82) is 5.26 Å². The molecule has 3 rings (SSSR count). The maximum absolute atomic E-state index is 12.6. The third kappa shape index (κ3) is 2.40. The van der Waals surface area contributed by atoms with E-state index in [0.29, 0.717) is 18.2 Å². The van der Waals surface area contributed by atoms with Crippen LogP contribution in [0.4, 0.5) is 0 Å². The molecule has 0 fully saturated rings. The fourth-order valence-electron chi connectivity index (χ4n) is 2.78. The second-order valence-corrected chi connectivity index (χ2v) is 6.88. The minimum atomic E-state index is -0.00787. The van der Waals surface area contributed by atoms with Crippen molar-refractivity contribution < 1.29 is 4.79 Å². The number of nitrogens with zero attached hydrogens (tertiary/aromatic N) is 3. The van der Waals surface area contributed by atoms with Gasteiger partial charge < -0.3 is 9.47 Å². The van der Waals surface area contributed by atoms with Crippen LogP contribution in [0.25, 0.3) is 10.9 Å². The molecule has 0 bridgehead atoms. The molecule has 0 saturated carbocycles. The van der Waals surface area contributed by atoms with Crippen molar-refractivity contribution in [1.82, 2.24) is 9.47 Å². The molecule has 0 saturated heterocycles. The molecule has 1 aliphatic heterocycles. The van der Waals surface area contributed by atoms with Crippen molar-refractivity contribution in [2.75, 3.05) is 13.6 Å². The fourth-order valence-corrected chi connectivity index (χ4v) is 3.93. The number of para-hydroxylation sites is 1. The molecule has 1 aromatic heterocycles. The Morgan fingerprint density at radius 2 is 2.38 bits per heavy atom. The summed E-state index contributed by atoms with van der Waals surface area (Å²) < 4.78 is 2.14. The van der Waals surface area contributed by atoms with Crippen LogP contribution >= 0.6 is 11.8 Å². The van der Waals surface area contributed by atoms with E-state index >= 15 is 0 Å². The number of nitriles is 1. The third-order valence-electron chi connectivity index (χ3n) is 3.78. The van der Waals surface area contributed by atoms with Crippen molar-refractivity contribution in [3.8, 4) is 6.07 Å². The average molecular weight is 299 g/mol. The predicted molar refractivity (Wildman–Crippen MR) is 84.4 cm³/mol. The van der Waals surface area contributed by atoms with E-state index in [9.17, 15) is 4.79 Å². The lowest BCUT2D eigenvalue weighted by Gasteiger charge is -2.24. The Morgan fingerprint density at radius 3 is 3.14 bits per heavy atom. The summed E-state index contributed by atoms with van der Waals surface area (Å²) in [4.78, 5) is 15.5. The SMILES string of the molecule is C[C@@H]1Cn2c(C(=O)N(C)CCC#N)cc3cccc(c32)S1. The summed E-state index contributed by atoms with van der Waals surface area (Å²) in [7, 11) is 1.76. The minimum Gasteiger partial charge on any atom is -0.339 e. The summed E-state index contributed by atoms with van der Waals surface area (Å²) in [6.45, 7) is 3.49. The highest BCUT2D eigenvalue weighted by Crippen LogP contribution is 2.38. The van der Waals surface area contributed by atoms with Crippen LogP contribution in [0, 0.1) is 11.3 Å². The Kier molecular flexibility index (Phi) is 3.64. The van der Waals surface area contributed by atoms with E-state index in [-0.39, 0.29) is 5.91 Å². The average Bonchev–Trinajstić information content (AvgIpc) is 2.84. The summed E-state index contributed by atoms with van der Waals surface area (Å²) in [5.74, 6) is -0.00787.